The van der Waals surface area contributed by atoms with Gasteiger partial charge in [0.2, 0.25) is 0 Å². The van der Waals surface area contributed by atoms with Gasteiger partial charge >= 0.3 is 5.69 Å². The third-order valence-electron chi connectivity index (χ3n) is 3.14. The molecule has 1 aliphatic rings. The van der Waals surface area contributed by atoms with Crippen molar-refractivity contribution in [2.75, 3.05) is 26.3 Å². The monoisotopic (exact) mass is 286 g/mol. The van der Waals surface area contributed by atoms with Crippen molar-refractivity contribution in [2.45, 2.75) is 24.7 Å². The Hall–Kier alpha value is -1.55. The summed E-state index contributed by atoms with van der Waals surface area (Å²) in [5.41, 5.74) is -0.980. The van der Waals surface area contributed by atoms with Crippen molar-refractivity contribution in [2.24, 2.45) is 0 Å². The highest BCUT2D eigenvalue weighted by Crippen LogP contribution is 2.16. The number of aliphatic hydroxyl groups is 2. The molecular weight excluding hydrogens is 268 g/mol. The summed E-state index contributed by atoms with van der Waals surface area (Å²) >= 11 is 0. The Morgan fingerprint density at radius 3 is 3.10 bits per heavy atom. The summed E-state index contributed by atoms with van der Waals surface area (Å²) in [7, 11) is 0. The molecule has 0 radical (unpaired) electrons. The smallest absolute Gasteiger partial charge is 0.306 e. The Labute approximate surface area is 115 Å². The van der Waals surface area contributed by atoms with E-state index in [0.29, 0.717) is 26.2 Å². The van der Waals surface area contributed by atoms with Crippen LogP contribution >= 0.6 is 0 Å². The maximum atomic E-state index is 10.5. The van der Waals surface area contributed by atoms with E-state index in [1.165, 1.54) is 10.9 Å². The Kier molecular flexibility index (Phi) is 4.65. The van der Waals surface area contributed by atoms with Gasteiger partial charge in [0.15, 0.2) is 0 Å². The van der Waals surface area contributed by atoms with Crippen molar-refractivity contribution in [1.29, 1.82) is 0 Å². The molecular formula is C11H18N4O5. The second-order valence-electron chi connectivity index (χ2n) is 4.99. The fourth-order valence-electron chi connectivity index (χ4n) is 2.03. The molecule has 1 fully saturated rings. The van der Waals surface area contributed by atoms with Crippen molar-refractivity contribution in [3.63, 3.8) is 0 Å². The lowest BCUT2D eigenvalue weighted by Gasteiger charge is -2.21. The first-order valence-corrected chi connectivity index (χ1v) is 6.34. The number of nitro groups is 1. The van der Waals surface area contributed by atoms with Crippen molar-refractivity contribution in [1.82, 2.24) is 15.1 Å². The summed E-state index contributed by atoms with van der Waals surface area (Å²) < 4.78 is 6.43. The van der Waals surface area contributed by atoms with E-state index in [2.05, 4.69) is 10.4 Å². The van der Waals surface area contributed by atoms with Crippen LogP contribution in [0.1, 0.15) is 6.42 Å². The molecule has 1 aromatic rings. The number of ether oxygens (including phenoxy) is 1. The minimum atomic E-state index is -0.871. The van der Waals surface area contributed by atoms with Gasteiger partial charge < -0.3 is 20.3 Å². The molecule has 9 heteroatoms. The largest absolute Gasteiger partial charge is 0.390 e. The van der Waals surface area contributed by atoms with Crippen molar-refractivity contribution < 1.29 is 19.9 Å². The number of aliphatic hydroxyl groups excluding tert-OH is 1. The molecule has 0 spiro atoms. The number of hydrogen-bond donors (Lipinski definition) is 3. The molecule has 0 bridgehead atoms. The summed E-state index contributed by atoms with van der Waals surface area (Å²) in [6.07, 6.45) is 2.22. The van der Waals surface area contributed by atoms with Crippen LogP contribution in [0.15, 0.2) is 12.4 Å². The predicted octanol–water partition coefficient (Wildman–Crippen LogP) is -1.11. The van der Waals surface area contributed by atoms with E-state index < -0.39 is 16.6 Å². The number of nitrogens with zero attached hydrogens (tertiary/aromatic N) is 3. The van der Waals surface area contributed by atoms with Crippen molar-refractivity contribution >= 4 is 5.69 Å². The van der Waals surface area contributed by atoms with Crippen LogP contribution in [-0.4, -0.2) is 62.9 Å². The van der Waals surface area contributed by atoms with Crippen LogP contribution in [0.3, 0.4) is 0 Å². The van der Waals surface area contributed by atoms with E-state index in [9.17, 15) is 20.3 Å². The second kappa shape index (κ2) is 6.27. The lowest BCUT2D eigenvalue weighted by Crippen LogP contribution is -2.44. The molecule has 0 amide bonds. The Morgan fingerprint density at radius 2 is 2.50 bits per heavy atom. The average Bonchev–Trinajstić information content (AvgIpc) is 2.99. The normalized spacial score (nSPS) is 23.9. The third-order valence-corrected chi connectivity index (χ3v) is 3.14. The zero-order valence-corrected chi connectivity index (χ0v) is 10.9. The Balaban J connectivity index is 1.71. The molecule has 2 rings (SSSR count). The standard InChI is InChI=1S/C11H18N4O5/c16-10(4-12-7-11(17)1-2-20-8-11)6-14-5-9(3-13-14)15(18)19/h3,5,10,12,16-17H,1-2,4,6-8H2. The highest BCUT2D eigenvalue weighted by atomic mass is 16.6. The van der Waals surface area contributed by atoms with Crippen molar-refractivity contribution in [3.05, 3.63) is 22.5 Å². The van der Waals surface area contributed by atoms with E-state index >= 15 is 0 Å². The SMILES string of the molecule is O=[N+]([O-])c1cnn(CC(O)CNCC2(O)CCOC2)c1. The van der Waals surface area contributed by atoms with Crippen LogP contribution in [0.5, 0.6) is 0 Å². The van der Waals surface area contributed by atoms with Gasteiger partial charge in [-0.1, -0.05) is 0 Å². The van der Waals surface area contributed by atoms with Gasteiger partial charge in [0.05, 0.1) is 24.2 Å². The van der Waals surface area contributed by atoms with Crippen LogP contribution in [-0.2, 0) is 11.3 Å². The topological polar surface area (TPSA) is 123 Å². The highest BCUT2D eigenvalue weighted by Gasteiger charge is 2.31. The summed E-state index contributed by atoms with van der Waals surface area (Å²) in [4.78, 5) is 9.95. The number of nitrogens with one attached hydrogen (secondary N) is 1. The van der Waals surface area contributed by atoms with E-state index in [-0.39, 0.29) is 18.8 Å². The highest BCUT2D eigenvalue weighted by molar-refractivity contribution is 5.20. The summed E-state index contributed by atoms with van der Waals surface area (Å²) in [6.45, 7) is 1.58. The molecule has 112 valence electrons. The van der Waals surface area contributed by atoms with Crippen LogP contribution in [0.4, 0.5) is 5.69 Å². The van der Waals surface area contributed by atoms with Gasteiger partial charge in [0.25, 0.3) is 0 Å². The van der Waals surface area contributed by atoms with Gasteiger partial charge in [-0.15, -0.1) is 0 Å². The minimum Gasteiger partial charge on any atom is -0.390 e. The molecule has 2 unspecified atom stereocenters. The Morgan fingerprint density at radius 1 is 1.70 bits per heavy atom. The summed E-state index contributed by atoms with van der Waals surface area (Å²) in [5, 5.41) is 37.0. The zero-order chi connectivity index (χ0) is 14.6. The van der Waals surface area contributed by atoms with Gasteiger partial charge in [-0.3, -0.25) is 14.8 Å². The lowest BCUT2D eigenvalue weighted by atomic mass is 10.0. The number of hydrogen-bond acceptors (Lipinski definition) is 7. The molecule has 2 heterocycles. The fraction of sp³-hybridized carbons (Fsp3) is 0.727. The van der Waals surface area contributed by atoms with Gasteiger partial charge in [-0.2, -0.15) is 5.10 Å². The molecule has 20 heavy (non-hydrogen) atoms. The molecule has 1 aromatic heterocycles. The Bertz CT molecular complexity index is 457. The molecule has 9 nitrogen and oxygen atoms in total. The first-order valence-electron chi connectivity index (χ1n) is 6.34. The number of aromatic nitrogens is 2. The van der Waals surface area contributed by atoms with E-state index in [4.69, 9.17) is 4.74 Å². The lowest BCUT2D eigenvalue weighted by molar-refractivity contribution is -0.385. The fourth-order valence-corrected chi connectivity index (χ4v) is 2.03. The van der Waals surface area contributed by atoms with Crippen LogP contribution in [0.25, 0.3) is 0 Å². The van der Waals surface area contributed by atoms with E-state index in [0.717, 1.165) is 6.20 Å². The van der Waals surface area contributed by atoms with Crippen LogP contribution in [0, 0.1) is 10.1 Å². The first kappa shape index (κ1) is 14.9. The van der Waals surface area contributed by atoms with Gasteiger partial charge in [-0.05, 0) is 0 Å². The number of rotatable bonds is 7. The molecule has 0 saturated carbocycles. The van der Waals surface area contributed by atoms with Crippen LogP contribution < -0.4 is 5.32 Å². The van der Waals surface area contributed by atoms with E-state index in [1.807, 2.05) is 0 Å². The molecule has 2 atom stereocenters. The third kappa shape index (κ3) is 3.97. The van der Waals surface area contributed by atoms with Gasteiger partial charge in [0.1, 0.15) is 18.0 Å². The molecule has 0 aliphatic carbocycles. The molecule has 3 N–H and O–H groups in total. The maximum Gasteiger partial charge on any atom is 0.306 e. The average molecular weight is 286 g/mol. The molecule has 1 saturated heterocycles. The summed E-state index contributed by atoms with van der Waals surface area (Å²) in [5.74, 6) is 0. The first-order chi connectivity index (χ1) is 9.48. The van der Waals surface area contributed by atoms with Gasteiger partial charge in [0, 0.05) is 26.1 Å². The molecule has 1 aliphatic heterocycles. The van der Waals surface area contributed by atoms with Crippen molar-refractivity contribution in [3.8, 4) is 0 Å². The zero-order valence-electron chi connectivity index (χ0n) is 10.9. The summed E-state index contributed by atoms with van der Waals surface area (Å²) in [6, 6.07) is 0. The predicted molar refractivity (Wildman–Crippen MR) is 68.1 cm³/mol. The molecule has 0 aromatic carbocycles. The maximum absolute atomic E-state index is 10.5. The van der Waals surface area contributed by atoms with Crippen LogP contribution in [0.2, 0.25) is 0 Å². The quantitative estimate of drug-likeness (QED) is 0.429. The minimum absolute atomic E-state index is 0.109. The van der Waals surface area contributed by atoms with Gasteiger partial charge in [-0.25, -0.2) is 0 Å². The van der Waals surface area contributed by atoms with E-state index in [1.54, 1.807) is 0 Å². The second-order valence-corrected chi connectivity index (χ2v) is 4.99.